The average Bonchev–Trinajstić information content (AvgIpc) is 2.65. The Kier molecular flexibility index (Phi) is 7.59. The first-order valence-electron chi connectivity index (χ1n) is 10.1. The molecule has 1 aliphatic heterocycles. The van der Waals surface area contributed by atoms with Gasteiger partial charge in [-0.3, -0.25) is 14.4 Å². The van der Waals surface area contributed by atoms with Crippen LogP contribution in [-0.2, 0) is 9.59 Å². The Labute approximate surface area is 173 Å². The van der Waals surface area contributed by atoms with E-state index in [4.69, 9.17) is 4.74 Å². The van der Waals surface area contributed by atoms with Gasteiger partial charge < -0.3 is 15.0 Å². The third-order valence-electron chi connectivity index (χ3n) is 5.34. The van der Waals surface area contributed by atoms with Crippen LogP contribution in [0, 0.1) is 11.3 Å². The quantitative estimate of drug-likeness (QED) is 0.466. The fourth-order valence-corrected chi connectivity index (χ4v) is 3.09. The number of hydrogen-bond donors (Lipinski definition) is 1. The highest BCUT2D eigenvalue weighted by Gasteiger charge is 2.24. The number of benzene rings is 1. The molecular weight excluding hydrogens is 368 g/mol. The Morgan fingerprint density at radius 2 is 1.83 bits per heavy atom. The SMILES string of the molecule is CC(=O)Oc1cccc(C(=O)N2CCC(CNC(=O)/C=C(\C)C(C)(C)C)CC2)c1. The molecule has 1 aliphatic rings. The fourth-order valence-electron chi connectivity index (χ4n) is 3.09. The minimum absolute atomic E-state index is 0.0181. The van der Waals surface area contributed by atoms with Gasteiger partial charge in [0.15, 0.2) is 0 Å². The molecule has 6 nitrogen and oxygen atoms in total. The summed E-state index contributed by atoms with van der Waals surface area (Å²) in [6.45, 7) is 11.5. The molecule has 1 aromatic rings. The van der Waals surface area contributed by atoms with Crippen molar-refractivity contribution in [2.45, 2.75) is 47.5 Å². The number of amides is 2. The molecule has 0 unspecified atom stereocenters. The zero-order valence-electron chi connectivity index (χ0n) is 18.1. The lowest BCUT2D eigenvalue weighted by Crippen LogP contribution is -2.41. The highest BCUT2D eigenvalue weighted by atomic mass is 16.5. The van der Waals surface area contributed by atoms with Crippen LogP contribution in [0.2, 0.25) is 0 Å². The molecule has 1 heterocycles. The molecule has 1 fully saturated rings. The Bertz CT molecular complexity index is 784. The summed E-state index contributed by atoms with van der Waals surface area (Å²) in [6.07, 6.45) is 3.37. The molecule has 1 saturated heterocycles. The number of hydrogen-bond acceptors (Lipinski definition) is 4. The lowest BCUT2D eigenvalue weighted by atomic mass is 9.87. The normalized spacial score (nSPS) is 15.8. The van der Waals surface area contributed by atoms with E-state index in [2.05, 4.69) is 26.1 Å². The topological polar surface area (TPSA) is 75.7 Å². The summed E-state index contributed by atoms with van der Waals surface area (Å²) in [6, 6.07) is 6.69. The Balaban J connectivity index is 1.84. The van der Waals surface area contributed by atoms with Crippen LogP contribution in [0.1, 0.15) is 57.8 Å². The van der Waals surface area contributed by atoms with Gasteiger partial charge in [0.2, 0.25) is 5.91 Å². The number of carbonyl (C=O) groups is 3. The standard InChI is InChI=1S/C23H32N2O4/c1-16(23(3,4)5)13-21(27)24-15-18-9-11-25(12-10-18)22(28)19-7-6-8-20(14-19)29-17(2)26/h6-8,13-14,18H,9-12,15H2,1-5H3,(H,24,27)/b16-13+. The zero-order valence-corrected chi connectivity index (χ0v) is 18.1. The molecule has 1 N–H and O–H groups in total. The first-order chi connectivity index (χ1) is 13.6. The van der Waals surface area contributed by atoms with Gasteiger partial charge in [-0.05, 0) is 49.3 Å². The smallest absolute Gasteiger partial charge is 0.308 e. The highest BCUT2D eigenvalue weighted by molar-refractivity contribution is 5.94. The average molecular weight is 401 g/mol. The number of nitrogens with zero attached hydrogens (tertiary/aromatic N) is 1. The van der Waals surface area contributed by atoms with Crippen molar-refractivity contribution in [2.75, 3.05) is 19.6 Å². The fraction of sp³-hybridized carbons (Fsp3) is 0.522. The van der Waals surface area contributed by atoms with E-state index < -0.39 is 5.97 Å². The Hall–Kier alpha value is -2.63. The second-order valence-corrected chi connectivity index (χ2v) is 8.68. The summed E-state index contributed by atoms with van der Waals surface area (Å²) in [5, 5.41) is 2.99. The molecule has 2 amide bonds. The van der Waals surface area contributed by atoms with Crippen LogP contribution >= 0.6 is 0 Å². The minimum Gasteiger partial charge on any atom is -0.427 e. The Morgan fingerprint density at radius 1 is 1.17 bits per heavy atom. The number of piperidine rings is 1. The molecule has 29 heavy (non-hydrogen) atoms. The van der Waals surface area contributed by atoms with Crippen molar-refractivity contribution in [3.05, 3.63) is 41.5 Å². The molecule has 0 aliphatic carbocycles. The number of carbonyl (C=O) groups excluding carboxylic acids is 3. The predicted octanol–water partition coefficient (Wildman–Crippen LogP) is 3.57. The maximum absolute atomic E-state index is 12.7. The van der Waals surface area contributed by atoms with Crippen molar-refractivity contribution >= 4 is 17.8 Å². The number of esters is 1. The summed E-state index contributed by atoms with van der Waals surface area (Å²) in [5.74, 6) is 0.201. The van der Waals surface area contributed by atoms with E-state index in [0.717, 1.165) is 18.4 Å². The summed E-state index contributed by atoms with van der Waals surface area (Å²) in [7, 11) is 0. The molecule has 0 atom stereocenters. The molecular formula is C23H32N2O4. The maximum atomic E-state index is 12.7. The maximum Gasteiger partial charge on any atom is 0.308 e. The number of ether oxygens (including phenoxy) is 1. The van der Waals surface area contributed by atoms with Gasteiger partial charge in [0.1, 0.15) is 5.75 Å². The summed E-state index contributed by atoms with van der Waals surface area (Å²) in [4.78, 5) is 37.8. The second kappa shape index (κ2) is 9.72. The van der Waals surface area contributed by atoms with Crippen LogP contribution in [0.4, 0.5) is 0 Å². The van der Waals surface area contributed by atoms with Gasteiger partial charge in [-0.2, -0.15) is 0 Å². The van der Waals surface area contributed by atoms with E-state index in [9.17, 15) is 14.4 Å². The van der Waals surface area contributed by atoms with Gasteiger partial charge in [0, 0.05) is 38.2 Å². The van der Waals surface area contributed by atoms with Crippen LogP contribution in [0.25, 0.3) is 0 Å². The number of likely N-dealkylation sites (tertiary alicyclic amines) is 1. The molecule has 0 saturated carbocycles. The second-order valence-electron chi connectivity index (χ2n) is 8.68. The molecule has 0 bridgehead atoms. The largest absolute Gasteiger partial charge is 0.427 e. The van der Waals surface area contributed by atoms with Gasteiger partial charge >= 0.3 is 5.97 Å². The lowest BCUT2D eigenvalue weighted by Gasteiger charge is -2.32. The van der Waals surface area contributed by atoms with E-state index in [1.807, 2.05) is 11.8 Å². The lowest BCUT2D eigenvalue weighted by molar-refractivity contribution is -0.131. The van der Waals surface area contributed by atoms with Gasteiger partial charge in [0.05, 0.1) is 0 Å². The third kappa shape index (κ3) is 7.04. The number of nitrogens with one attached hydrogen (secondary N) is 1. The summed E-state index contributed by atoms with van der Waals surface area (Å²) >= 11 is 0. The van der Waals surface area contributed by atoms with Gasteiger partial charge in [-0.15, -0.1) is 0 Å². The molecule has 2 rings (SSSR count). The van der Waals surface area contributed by atoms with E-state index in [1.165, 1.54) is 6.92 Å². The molecule has 0 radical (unpaired) electrons. The molecule has 1 aromatic carbocycles. The van der Waals surface area contributed by atoms with Crippen LogP contribution in [-0.4, -0.2) is 42.3 Å². The van der Waals surface area contributed by atoms with Crippen molar-refractivity contribution in [2.24, 2.45) is 11.3 Å². The van der Waals surface area contributed by atoms with E-state index >= 15 is 0 Å². The van der Waals surface area contributed by atoms with Crippen molar-refractivity contribution in [3.63, 3.8) is 0 Å². The van der Waals surface area contributed by atoms with Gasteiger partial charge in [-0.1, -0.05) is 32.4 Å². The summed E-state index contributed by atoms with van der Waals surface area (Å²) < 4.78 is 5.06. The van der Waals surface area contributed by atoms with Gasteiger partial charge in [0.25, 0.3) is 5.91 Å². The van der Waals surface area contributed by atoms with Crippen molar-refractivity contribution in [3.8, 4) is 5.75 Å². The van der Waals surface area contributed by atoms with E-state index in [1.54, 1.807) is 30.3 Å². The van der Waals surface area contributed by atoms with E-state index in [0.29, 0.717) is 36.9 Å². The first kappa shape index (κ1) is 22.7. The van der Waals surface area contributed by atoms with Crippen LogP contribution in [0.3, 0.4) is 0 Å². The molecule has 0 aromatic heterocycles. The van der Waals surface area contributed by atoms with Crippen LogP contribution < -0.4 is 10.1 Å². The monoisotopic (exact) mass is 400 g/mol. The van der Waals surface area contributed by atoms with Crippen LogP contribution in [0.5, 0.6) is 5.75 Å². The van der Waals surface area contributed by atoms with E-state index in [-0.39, 0.29) is 17.2 Å². The molecule has 158 valence electrons. The highest BCUT2D eigenvalue weighted by Crippen LogP contribution is 2.24. The van der Waals surface area contributed by atoms with Crippen molar-refractivity contribution in [1.29, 1.82) is 0 Å². The number of rotatable bonds is 5. The number of allylic oxidation sites excluding steroid dienone is 1. The third-order valence-corrected chi connectivity index (χ3v) is 5.34. The Morgan fingerprint density at radius 3 is 2.41 bits per heavy atom. The first-order valence-corrected chi connectivity index (χ1v) is 10.1. The molecule has 0 spiro atoms. The zero-order chi connectivity index (χ0) is 21.6. The van der Waals surface area contributed by atoms with Crippen molar-refractivity contribution < 1.29 is 19.1 Å². The van der Waals surface area contributed by atoms with Crippen LogP contribution in [0.15, 0.2) is 35.9 Å². The van der Waals surface area contributed by atoms with Crippen molar-refractivity contribution in [1.82, 2.24) is 10.2 Å². The van der Waals surface area contributed by atoms with Gasteiger partial charge in [-0.25, -0.2) is 0 Å². The summed E-state index contributed by atoms with van der Waals surface area (Å²) in [5.41, 5.74) is 1.54. The molecule has 6 heteroatoms. The predicted molar refractivity (Wildman–Crippen MR) is 113 cm³/mol. The minimum atomic E-state index is -0.412.